The summed E-state index contributed by atoms with van der Waals surface area (Å²) in [5.41, 5.74) is 3.22. The van der Waals surface area contributed by atoms with Crippen LogP contribution in [-0.2, 0) is 9.84 Å². The monoisotopic (exact) mass is 372 g/mol. The quantitative estimate of drug-likeness (QED) is 0.562. The molecule has 0 atom stereocenters. The molecule has 2 aromatic carbocycles. The van der Waals surface area contributed by atoms with Crippen LogP contribution in [0, 0.1) is 0 Å². The number of rotatable bonds is 2. The van der Waals surface area contributed by atoms with Crippen LogP contribution in [0.4, 0.5) is 0 Å². The fourth-order valence-corrected chi connectivity index (χ4v) is 3.82. The van der Waals surface area contributed by atoms with Crippen LogP contribution < -0.4 is 5.56 Å². The van der Waals surface area contributed by atoms with Crippen LogP contribution in [0.25, 0.3) is 33.1 Å². The molecule has 5 nitrogen and oxygen atoms in total. The van der Waals surface area contributed by atoms with Crippen LogP contribution in [0.1, 0.15) is 0 Å². The summed E-state index contributed by atoms with van der Waals surface area (Å²) in [7, 11) is -3.34. The van der Waals surface area contributed by atoms with E-state index in [1.165, 1.54) is 12.1 Å². The van der Waals surface area contributed by atoms with Crippen LogP contribution in [-0.4, -0.2) is 24.6 Å². The number of hydrogen-bond acceptors (Lipinski definition) is 3. The van der Waals surface area contributed by atoms with Crippen LogP contribution in [0.15, 0.2) is 58.2 Å². The van der Waals surface area contributed by atoms with Gasteiger partial charge in [0.15, 0.2) is 9.84 Å². The Balaban J connectivity index is 2.09. The number of halogens is 1. The van der Waals surface area contributed by atoms with Crippen molar-refractivity contribution < 1.29 is 8.42 Å². The average Bonchev–Trinajstić information content (AvgIpc) is 2.91. The molecule has 7 heteroatoms. The molecule has 0 saturated heterocycles. The molecule has 0 amide bonds. The summed E-state index contributed by atoms with van der Waals surface area (Å²) in [6.07, 6.45) is 1.16. The number of nitrogens with one attached hydrogen (secondary N) is 2. The van der Waals surface area contributed by atoms with Gasteiger partial charge in [0.2, 0.25) is 5.56 Å². The van der Waals surface area contributed by atoms with Crippen molar-refractivity contribution in [1.29, 1.82) is 0 Å². The number of hydrogen-bond donors (Lipinski definition) is 2. The molecule has 0 bridgehead atoms. The van der Waals surface area contributed by atoms with Gasteiger partial charge in [0.25, 0.3) is 0 Å². The van der Waals surface area contributed by atoms with Gasteiger partial charge in [0.1, 0.15) is 0 Å². The first kappa shape index (κ1) is 15.9. The molecule has 0 aliphatic heterocycles. The van der Waals surface area contributed by atoms with Gasteiger partial charge in [-0.25, -0.2) is 8.42 Å². The third kappa shape index (κ3) is 2.73. The van der Waals surface area contributed by atoms with Gasteiger partial charge in [-0.1, -0.05) is 23.7 Å². The zero-order valence-electron chi connectivity index (χ0n) is 13.1. The van der Waals surface area contributed by atoms with Crippen molar-refractivity contribution in [2.75, 3.05) is 6.26 Å². The predicted molar refractivity (Wildman–Crippen MR) is 100.0 cm³/mol. The number of aromatic amines is 2. The van der Waals surface area contributed by atoms with Crippen LogP contribution in [0.3, 0.4) is 0 Å². The second-order valence-electron chi connectivity index (χ2n) is 5.91. The van der Waals surface area contributed by atoms with Crippen molar-refractivity contribution in [3.8, 4) is 11.1 Å². The first-order valence-electron chi connectivity index (χ1n) is 7.48. The van der Waals surface area contributed by atoms with Gasteiger partial charge in [-0.3, -0.25) is 4.79 Å². The summed E-state index contributed by atoms with van der Waals surface area (Å²) in [5, 5.41) is 1.37. The number of pyridine rings is 1. The van der Waals surface area contributed by atoms with Gasteiger partial charge < -0.3 is 9.97 Å². The maximum absolute atomic E-state index is 12.2. The molecule has 0 saturated carbocycles. The second kappa shape index (κ2) is 5.47. The van der Waals surface area contributed by atoms with E-state index in [4.69, 9.17) is 11.6 Å². The van der Waals surface area contributed by atoms with Gasteiger partial charge in [-0.2, -0.15) is 0 Å². The predicted octanol–water partition coefficient (Wildman–Crippen LogP) is 3.73. The van der Waals surface area contributed by atoms with Crippen molar-refractivity contribution in [1.82, 2.24) is 9.97 Å². The Labute approximate surface area is 148 Å². The summed E-state index contributed by atoms with van der Waals surface area (Å²) in [5.74, 6) is 0. The number of fused-ring (bicyclic) bond motifs is 3. The van der Waals surface area contributed by atoms with Crippen LogP contribution in [0.5, 0.6) is 0 Å². The molecule has 2 aromatic heterocycles. The van der Waals surface area contributed by atoms with E-state index in [9.17, 15) is 13.2 Å². The van der Waals surface area contributed by atoms with Gasteiger partial charge >= 0.3 is 0 Å². The Morgan fingerprint density at radius 2 is 1.76 bits per heavy atom. The first-order chi connectivity index (χ1) is 11.8. The topological polar surface area (TPSA) is 82.8 Å². The number of aromatic nitrogens is 2. The highest BCUT2D eigenvalue weighted by atomic mass is 35.5. The maximum atomic E-state index is 12.2. The fourth-order valence-electron chi connectivity index (χ4n) is 2.98. The summed E-state index contributed by atoms with van der Waals surface area (Å²) in [6.45, 7) is 0. The van der Waals surface area contributed by atoms with Crippen molar-refractivity contribution in [2.45, 2.75) is 4.90 Å². The van der Waals surface area contributed by atoms with E-state index in [1.54, 1.807) is 30.3 Å². The molecule has 4 aromatic rings. The average molecular weight is 373 g/mol. The third-order valence-corrected chi connectivity index (χ3v) is 5.47. The highest BCUT2D eigenvalue weighted by Crippen LogP contribution is 2.32. The highest BCUT2D eigenvalue weighted by molar-refractivity contribution is 7.90. The third-order valence-electron chi connectivity index (χ3n) is 4.13. The van der Waals surface area contributed by atoms with Crippen molar-refractivity contribution in [3.05, 3.63) is 63.9 Å². The van der Waals surface area contributed by atoms with E-state index in [0.29, 0.717) is 21.7 Å². The minimum Gasteiger partial charge on any atom is -0.353 e. The molecule has 25 heavy (non-hydrogen) atoms. The lowest BCUT2D eigenvalue weighted by atomic mass is 10.1. The molecule has 0 aliphatic rings. The van der Waals surface area contributed by atoms with E-state index in [0.717, 1.165) is 22.7 Å². The Bertz CT molecular complexity index is 1300. The van der Waals surface area contributed by atoms with Crippen LogP contribution >= 0.6 is 11.6 Å². The number of benzene rings is 2. The van der Waals surface area contributed by atoms with Crippen molar-refractivity contribution in [2.24, 2.45) is 0 Å². The Kier molecular flexibility index (Phi) is 3.49. The Morgan fingerprint density at radius 3 is 2.52 bits per heavy atom. The molecule has 0 spiro atoms. The molecule has 0 fully saturated rings. The number of sulfone groups is 1. The van der Waals surface area contributed by atoms with E-state index in [-0.39, 0.29) is 10.5 Å². The SMILES string of the molecule is CS(=O)(=O)c1cccc(-c2cc(=O)[nH]c3c2[nH]c2ccc(Cl)cc23)c1. The number of H-pyrrole nitrogens is 2. The largest absolute Gasteiger partial charge is 0.353 e. The lowest BCUT2D eigenvalue weighted by Crippen LogP contribution is -2.04. The lowest BCUT2D eigenvalue weighted by molar-refractivity contribution is 0.602. The fraction of sp³-hybridized carbons (Fsp3) is 0.0556. The molecular formula is C18H13ClN2O3S. The van der Waals surface area contributed by atoms with Gasteiger partial charge in [0.05, 0.1) is 15.9 Å². The van der Waals surface area contributed by atoms with E-state index in [2.05, 4.69) is 9.97 Å². The van der Waals surface area contributed by atoms with E-state index < -0.39 is 9.84 Å². The minimum absolute atomic E-state index is 0.206. The van der Waals surface area contributed by atoms with Crippen molar-refractivity contribution in [3.63, 3.8) is 0 Å². The molecule has 4 rings (SSSR count). The smallest absolute Gasteiger partial charge is 0.249 e. The summed E-state index contributed by atoms with van der Waals surface area (Å²) in [4.78, 5) is 18.5. The lowest BCUT2D eigenvalue weighted by Gasteiger charge is -2.06. The summed E-state index contributed by atoms with van der Waals surface area (Å²) >= 11 is 6.07. The van der Waals surface area contributed by atoms with Gasteiger partial charge in [-0.05, 0) is 35.9 Å². The minimum atomic E-state index is -3.34. The first-order valence-corrected chi connectivity index (χ1v) is 9.74. The molecule has 0 unspecified atom stereocenters. The molecule has 0 aliphatic carbocycles. The second-order valence-corrected chi connectivity index (χ2v) is 8.36. The maximum Gasteiger partial charge on any atom is 0.249 e. The Hall–Kier alpha value is -2.57. The van der Waals surface area contributed by atoms with E-state index >= 15 is 0 Å². The molecule has 2 N–H and O–H groups in total. The normalized spacial score (nSPS) is 12.1. The molecule has 126 valence electrons. The standard InChI is InChI=1S/C18H13ClN2O3S/c1-25(23,24)12-4-2-3-10(7-12)13-9-16(22)21-18-14-8-11(19)5-6-15(14)20-17(13)18/h2-9,20H,1H3,(H,21,22). The highest BCUT2D eigenvalue weighted by Gasteiger charge is 2.14. The van der Waals surface area contributed by atoms with E-state index in [1.807, 2.05) is 6.07 Å². The zero-order chi connectivity index (χ0) is 17.8. The zero-order valence-corrected chi connectivity index (χ0v) is 14.7. The summed E-state index contributed by atoms with van der Waals surface area (Å²) in [6, 6.07) is 13.4. The molecule has 0 radical (unpaired) electrons. The molecular weight excluding hydrogens is 360 g/mol. The molecule has 2 heterocycles. The van der Waals surface area contributed by atoms with Gasteiger partial charge in [0, 0.05) is 33.8 Å². The summed E-state index contributed by atoms with van der Waals surface area (Å²) < 4.78 is 23.7. The van der Waals surface area contributed by atoms with Gasteiger partial charge in [-0.15, -0.1) is 0 Å². The Morgan fingerprint density at radius 1 is 0.960 bits per heavy atom. The van der Waals surface area contributed by atoms with Crippen molar-refractivity contribution >= 4 is 43.4 Å². The van der Waals surface area contributed by atoms with Crippen LogP contribution in [0.2, 0.25) is 5.02 Å².